The van der Waals surface area contributed by atoms with Gasteiger partial charge in [-0.3, -0.25) is 9.88 Å². The molecule has 0 aliphatic rings. The van der Waals surface area contributed by atoms with Gasteiger partial charge in [0, 0.05) is 23.0 Å². The van der Waals surface area contributed by atoms with Gasteiger partial charge in [-0.1, -0.05) is 36.4 Å². The van der Waals surface area contributed by atoms with Crippen LogP contribution in [0.15, 0.2) is 72.9 Å². The van der Waals surface area contributed by atoms with E-state index >= 15 is 0 Å². The highest BCUT2D eigenvalue weighted by atomic mass is 16.6. The van der Waals surface area contributed by atoms with Gasteiger partial charge in [-0.15, -0.1) is 0 Å². The first kappa shape index (κ1) is 30.8. The number of benzene rings is 3. The zero-order chi connectivity index (χ0) is 31.5. The molecule has 0 aliphatic heterocycles. The standard InChI is InChI=1S/C34H34N2O7/c1-20-18-35-29(21(2)30(20)42-6)19-36(33(41)43-34(3,4)5)24-16-22(25-11-7-9-13-27(25)31(37)38)15-23(17-24)26-12-8-10-14-28(26)32(39)40/h7-18H,19H2,1-6H3,(H,37,38)(H,39,40). The van der Waals surface area contributed by atoms with Crippen LogP contribution < -0.4 is 9.64 Å². The largest absolute Gasteiger partial charge is 0.496 e. The number of pyridine rings is 1. The Kier molecular flexibility index (Phi) is 8.85. The Hall–Kier alpha value is -5.18. The number of nitrogens with zero attached hydrogens (tertiary/aromatic N) is 2. The summed E-state index contributed by atoms with van der Waals surface area (Å²) in [4.78, 5) is 44.1. The third-order valence-electron chi connectivity index (χ3n) is 6.84. The summed E-state index contributed by atoms with van der Waals surface area (Å²) in [5, 5.41) is 19.9. The normalized spacial score (nSPS) is 11.1. The van der Waals surface area contributed by atoms with Gasteiger partial charge in [0.15, 0.2) is 0 Å². The Morgan fingerprint density at radius 3 is 1.81 bits per heavy atom. The lowest BCUT2D eigenvalue weighted by molar-refractivity contribution is 0.0575. The topological polar surface area (TPSA) is 126 Å². The Labute approximate surface area is 250 Å². The third-order valence-corrected chi connectivity index (χ3v) is 6.84. The number of rotatable bonds is 8. The molecule has 9 heteroatoms. The lowest BCUT2D eigenvalue weighted by atomic mass is 9.93. The van der Waals surface area contributed by atoms with E-state index in [4.69, 9.17) is 9.47 Å². The molecule has 3 aromatic carbocycles. The van der Waals surface area contributed by atoms with Crippen LogP contribution >= 0.6 is 0 Å². The van der Waals surface area contributed by atoms with Crippen LogP contribution in [0.5, 0.6) is 5.75 Å². The van der Waals surface area contributed by atoms with E-state index in [1.807, 2.05) is 13.8 Å². The van der Waals surface area contributed by atoms with E-state index in [0.29, 0.717) is 39.4 Å². The SMILES string of the molecule is COc1c(C)cnc(CN(C(=O)OC(C)(C)C)c2cc(-c3ccccc3C(=O)O)cc(-c3ccccc3C(=O)O)c2)c1C. The van der Waals surface area contributed by atoms with E-state index in [0.717, 1.165) is 11.1 Å². The van der Waals surface area contributed by atoms with Crippen LogP contribution in [0.2, 0.25) is 0 Å². The van der Waals surface area contributed by atoms with Crippen molar-refractivity contribution in [3.63, 3.8) is 0 Å². The molecule has 43 heavy (non-hydrogen) atoms. The molecule has 0 unspecified atom stereocenters. The third kappa shape index (κ3) is 6.83. The van der Waals surface area contributed by atoms with E-state index in [9.17, 15) is 24.6 Å². The minimum atomic E-state index is -1.12. The molecule has 222 valence electrons. The zero-order valence-corrected chi connectivity index (χ0v) is 25.0. The molecule has 4 aromatic rings. The smallest absolute Gasteiger partial charge is 0.415 e. The fraction of sp³-hybridized carbons (Fsp3) is 0.235. The van der Waals surface area contributed by atoms with Crippen LogP contribution in [0.3, 0.4) is 0 Å². The summed E-state index contributed by atoms with van der Waals surface area (Å²) in [5.41, 5.74) is 3.57. The van der Waals surface area contributed by atoms with Crippen molar-refractivity contribution in [1.29, 1.82) is 0 Å². The Bertz CT molecular complexity index is 1630. The van der Waals surface area contributed by atoms with E-state index < -0.39 is 23.6 Å². The molecule has 0 saturated carbocycles. The average molecular weight is 583 g/mol. The first-order valence-electron chi connectivity index (χ1n) is 13.6. The fourth-order valence-corrected chi connectivity index (χ4v) is 4.88. The number of amides is 1. The highest BCUT2D eigenvalue weighted by Crippen LogP contribution is 2.36. The Balaban J connectivity index is 2.01. The van der Waals surface area contributed by atoms with E-state index in [-0.39, 0.29) is 17.7 Å². The monoisotopic (exact) mass is 582 g/mol. The maximum absolute atomic E-state index is 13.8. The van der Waals surface area contributed by atoms with Gasteiger partial charge in [-0.2, -0.15) is 0 Å². The number of hydrogen-bond donors (Lipinski definition) is 2. The summed E-state index contributed by atoms with van der Waals surface area (Å²) in [6.07, 6.45) is 1.01. The number of aromatic carboxylic acids is 2. The maximum atomic E-state index is 13.8. The van der Waals surface area contributed by atoms with Crippen LogP contribution in [0, 0.1) is 13.8 Å². The van der Waals surface area contributed by atoms with Gasteiger partial charge >= 0.3 is 18.0 Å². The van der Waals surface area contributed by atoms with Crippen molar-refractivity contribution in [3.05, 3.63) is 101 Å². The van der Waals surface area contributed by atoms with Crippen molar-refractivity contribution >= 4 is 23.7 Å². The number of carboxylic acid groups (broad SMARTS) is 2. The minimum Gasteiger partial charge on any atom is -0.496 e. The van der Waals surface area contributed by atoms with Crippen molar-refractivity contribution in [2.24, 2.45) is 0 Å². The number of ether oxygens (including phenoxy) is 2. The maximum Gasteiger partial charge on any atom is 0.415 e. The van der Waals surface area contributed by atoms with Crippen molar-refractivity contribution in [1.82, 2.24) is 4.98 Å². The fourth-order valence-electron chi connectivity index (χ4n) is 4.88. The van der Waals surface area contributed by atoms with Crippen LogP contribution in [0.1, 0.15) is 58.3 Å². The van der Waals surface area contributed by atoms with Crippen LogP contribution in [-0.4, -0.2) is 45.9 Å². The minimum absolute atomic E-state index is 0.00142. The quantitative estimate of drug-likeness (QED) is 0.220. The molecular weight excluding hydrogens is 548 g/mol. The molecule has 0 aliphatic carbocycles. The molecule has 1 heterocycles. The first-order chi connectivity index (χ1) is 20.3. The molecule has 0 bridgehead atoms. The number of anilines is 1. The predicted octanol–water partition coefficient (Wildman–Crippen LogP) is 7.38. The summed E-state index contributed by atoms with van der Waals surface area (Å²) in [7, 11) is 1.57. The molecule has 1 aromatic heterocycles. The van der Waals surface area contributed by atoms with Gasteiger partial charge in [-0.25, -0.2) is 14.4 Å². The molecule has 0 radical (unpaired) electrons. The summed E-state index contributed by atoms with van der Waals surface area (Å²) < 4.78 is 11.4. The summed E-state index contributed by atoms with van der Waals surface area (Å²) in [5.74, 6) is -1.59. The van der Waals surface area contributed by atoms with E-state index in [1.54, 1.807) is 88.7 Å². The Morgan fingerprint density at radius 2 is 1.35 bits per heavy atom. The molecule has 0 spiro atoms. The molecule has 0 fully saturated rings. The molecule has 4 rings (SSSR count). The highest BCUT2D eigenvalue weighted by Gasteiger charge is 2.27. The van der Waals surface area contributed by atoms with Gasteiger partial charge in [0.25, 0.3) is 0 Å². The molecule has 0 saturated heterocycles. The van der Waals surface area contributed by atoms with Gasteiger partial charge in [0.05, 0.1) is 30.5 Å². The lowest BCUT2D eigenvalue weighted by Crippen LogP contribution is -2.37. The average Bonchev–Trinajstić information content (AvgIpc) is 2.95. The Morgan fingerprint density at radius 1 is 0.837 bits per heavy atom. The summed E-state index contributed by atoms with van der Waals surface area (Å²) >= 11 is 0. The molecule has 2 N–H and O–H groups in total. The second-order valence-corrected chi connectivity index (χ2v) is 11.1. The van der Waals surface area contributed by atoms with Gasteiger partial charge in [0.1, 0.15) is 11.4 Å². The number of aryl methyl sites for hydroxylation is 1. The number of carbonyl (C=O) groups is 3. The van der Waals surface area contributed by atoms with E-state index in [2.05, 4.69) is 4.98 Å². The van der Waals surface area contributed by atoms with Crippen molar-refractivity contribution in [2.45, 2.75) is 46.8 Å². The number of carbonyl (C=O) groups excluding carboxylic acids is 1. The summed E-state index contributed by atoms with van der Waals surface area (Å²) in [6.45, 7) is 9.02. The summed E-state index contributed by atoms with van der Waals surface area (Å²) in [6, 6.07) is 18.1. The van der Waals surface area contributed by atoms with Crippen molar-refractivity contribution < 1.29 is 34.1 Å². The van der Waals surface area contributed by atoms with E-state index in [1.165, 1.54) is 17.0 Å². The van der Waals surface area contributed by atoms with Gasteiger partial charge in [-0.05, 0) is 87.2 Å². The van der Waals surface area contributed by atoms with Gasteiger partial charge in [0.2, 0.25) is 0 Å². The molecule has 0 atom stereocenters. The second kappa shape index (κ2) is 12.4. The van der Waals surface area contributed by atoms with Crippen LogP contribution in [0.4, 0.5) is 10.5 Å². The van der Waals surface area contributed by atoms with Gasteiger partial charge < -0.3 is 19.7 Å². The lowest BCUT2D eigenvalue weighted by Gasteiger charge is -2.29. The van der Waals surface area contributed by atoms with Crippen molar-refractivity contribution in [2.75, 3.05) is 12.0 Å². The molecular formula is C34H34N2O7. The van der Waals surface area contributed by atoms with Crippen LogP contribution in [0.25, 0.3) is 22.3 Å². The number of hydrogen-bond acceptors (Lipinski definition) is 6. The number of carboxylic acids is 2. The number of methoxy groups -OCH3 is 1. The number of aromatic nitrogens is 1. The van der Waals surface area contributed by atoms with Crippen LogP contribution in [-0.2, 0) is 11.3 Å². The highest BCUT2D eigenvalue weighted by molar-refractivity contribution is 6.00. The first-order valence-corrected chi connectivity index (χ1v) is 13.6. The molecule has 1 amide bonds. The molecule has 9 nitrogen and oxygen atoms in total. The predicted molar refractivity (Wildman–Crippen MR) is 164 cm³/mol. The second-order valence-electron chi connectivity index (χ2n) is 11.1. The van der Waals surface area contributed by atoms with Crippen molar-refractivity contribution in [3.8, 4) is 28.0 Å². The zero-order valence-electron chi connectivity index (χ0n) is 25.0.